The molecule has 0 bridgehead atoms. The predicted octanol–water partition coefficient (Wildman–Crippen LogP) is 6.97. The quantitative estimate of drug-likeness (QED) is 0.475. The molecule has 150 valence electrons. The molecule has 29 heavy (non-hydrogen) atoms. The van der Waals surface area contributed by atoms with Gasteiger partial charge in [-0.15, -0.1) is 0 Å². The zero-order valence-electron chi connectivity index (χ0n) is 20.6. The number of hydrogen-bond acceptors (Lipinski definition) is 2. The summed E-state index contributed by atoms with van der Waals surface area (Å²) in [7, 11) is 0. The minimum atomic E-state index is -1.46. The summed E-state index contributed by atoms with van der Waals surface area (Å²) in [5.74, 6) is 0. The third-order valence-electron chi connectivity index (χ3n) is 6.52. The normalized spacial score (nSPS) is 18.3. The number of fused-ring (bicyclic) bond motifs is 3. The fourth-order valence-electron chi connectivity index (χ4n) is 4.32. The van der Waals surface area contributed by atoms with Gasteiger partial charge in [0.1, 0.15) is 0 Å². The van der Waals surface area contributed by atoms with Crippen molar-refractivity contribution in [2.45, 2.75) is 65.7 Å². The van der Waals surface area contributed by atoms with Crippen molar-refractivity contribution in [2.24, 2.45) is 5.41 Å². The van der Waals surface area contributed by atoms with Crippen LogP contribution in [0.4, 0.5) is 0 Å². The molecule has 0 aliphatic heterocycles. The van der Waals surface area contributed by atoms with Crippen molar-refractivity contribution in [1.29, 1.82) is 0 Å². The van der Waals surface area contributed by atoms with Crippen LogP contribution in [-0.2, 0) is 17.2 Å². The van der Waals surface area contributed by atoms with Crippen molar-refractivity contribution >= 4 is 0 Å². The first-order valence-electron chi connectivity index (χ1n) is 11.4. The molecule has 0 saturated heterocycles. The van der Waals surface area contributed by atoms with E-state index >= 15 is 0 Å². The van der Waals surface area contributed by atoms with Gasteiger partial charge in [-0.2, -0.15) is 0 Å². The number of hydrogen-bond donors (Lipinski definition) is 0. The summed E-state index contributed by atoms with van der Waals surface area (Å²) < 4.78 is 17.3. The van der Waals surface area contributed by atoms with E-state index in [1.54, 1.807) is 12.3 Å². The maximum atomic E-state index is 8.65. The van der Waals surface area contributed by atoms with Gasteiger partial charge < -0.3 is 0 Å². The Morgan fingerprint density at radius 3 is 2.34 bits per heavy atom. The lowest BCUT2D eigenvalue weighted by Gasteiger charge is -2.47. The summed E-state index contributed by atoms with van der Waals surface area (Å²) >= 11 is 0. The van der Waals surface area contributed by atoms with Gasteiger partial charge in [-0.25, -0.2) is 0 Å². The highest BCUT2D eigenvalue weighted by molar-refractivity contribution is 5.80. The van der Waals surface area contributed by atoms with Crippen LogP contribution >= 0.6 is 0 Å². The summed E-state index contributed by atoms with van der Waals surface area (Å²) in [6.45, 7) is 14.9. The molecule has 4 rings (SSSR count). The molecule has 0 amide bonds. The Morgan fingerprint density at radius 1 is 0.862 bits per heavy atom. The van der Waals surface area contributed by atoms with E-state index in [0.717, 1.165) is 17.0 Å². The van der Waals surface area contributed by atoms with Crippen LogP contribution in [0.15, 0.2) is 54.9 Å². The first-order chi connectivity index (χ1) is 14.3. The Kier molecular flexibility index (Phi) is 3.91. The van der Waals surface area contributed by atoms with Crippen LogP contribution in [-0.4, -0.2) is 9.97 Å². The number of nitrogens with zero attached hydrogens (tertiary/aromatic N) is 2. The molecule has 2 heteroatoms. The van der Waals surface area contributed by atoms with E-state index in [1.807, 2.05) is 39.1 Å². The van der Waals surface area contributed by atoms with Crippen molar-refractivity contribution in [2.75, 3.05) is 0 Å². The second-order valence-corrected chi connectivity index (χ2v) is 10.2. The average Bonchev–Trinajstić information content (AvgIpc) is 2.71. The van der Waals surface area contributed by atoms with Gasteiger partial charge in [-0.3, -0.25) is 9.97 Å². The molecular formula is C27H32N2. The Hall–Kier alpha value is -2.48. The first-order valence-corrected chi connectivity index (χ1v) is 10.4. The summed E-state index contributed by atoms with van der Waals surface area (Å²) in [5.41, 5.74) is 6.55. The third-order valence-corrected chi connectivity index (χ3v) is 6.52. The summed E-state index contributed by atoms with van der Waals surface area (Å²) in [6.07, 6.45) is 2.14. The molecule has 0 radical (unpaired) electrons. The fraction of sp³-hybridized carbons (Fsp3) is 0.407. The Bertz CT molecular complexity index is 1150. The van der Waals surface area contributed by atoms with Crippen LogP contribution in [0.1, 0.15) is 68.0 Å². The Labute approximate surface area is 178 Å². The van der Waals surface area contributed by atoms with E-state index in [0.29, 0.717) is 5.56 Å². The molecule has 1 aliphatic rings. The minimum Gasteiger partial charge on any atom is -0.260 e. The summed E-state index contributed by atoms with van der Waals surface area (Å²) in [5, 5.41) is 0. The van der Waals surface area contributed by atoms with Crippen LogP contribution in [0, 0.1) is 5.41 Å². The minimum absolute atomic E-state index is 0.0821. The van der Waals surface area contributed by atoms with Crippen LogP contribution in [0.3, 0.4) is 0 Å². The zero-order valence-corrected chi connectivity index (χ0v) is 18.6. The molecular weight excluding hydrogens is 352 g/mol. The average molecular weight is 387 g/mol. The molecule has 2 aromatic heterocycles. The van der Waals surface area contributed by atoms with Crippen molar-refractivity contribution in [3.05, 3.63) is 71.7 Å². The van der Waals surface area contributed by atoms with Crippen LogP contribution in [0.5, 0.6) is 0 Å². The SMILES string of the molecule is [2H]C([2H])(c1ccnc(-c2ccc3c(c2)-c2cccnc2C(C)(C)C3(C)C)c1)C(C)(C)C. The fourth-order valence-corrected chi connectivity index (χ4v) is 4.32. The van der Waals surface area contributed by atoms with E-state index < -0.39 is 11.8 Å². The Balaban J connectivity index is 1.89. The molecule has 1 aliphatic carbocycles. The topological polar surface area (TPSA) is 25.8 Å². The van der Waals surface area contributed by atoms with Crippen LogP contribution in [0.2, 0.25) is 0 Å². The van der Waals surface area contributed by atoms with Crippen molar-refractivity contribution in [1.82, 2.24) is 9.97 Å². The molecule has 0 saturated carbocycles. The van der Waals surface area contributed by atoms with Crippen LogP contribution in [0.25, 0.3) is 22.4 Å². The number of benzene rings is 1. The highest BCUT2D eigenvalue weighted by Gasteiger charge is 2.46. The molecule has 0 fully saturated rings. The second-order valence-electron chi connectivity index (χ2n) is 10.2. The summed E-state index contributed by atoms with van der Waals surface area (Å²) in [6, 6.07) is 14.4. The van der Waals surface area contributed by atoms with Gasteiger partial charge in [0.15, 0.2) is 0 Å². The second kappa shape index (κ2) is 6.52. The zero-order chi connectivity index (χ0) is 22.8. The maximum Gasteiger partial charge on any atom is 0.0704 e. The first kappa shape index (κ1) is 17.4. The van der Waals surface area contributed by atoms with Gasteiger partial charge >= 0.3 is 0 Å². The van der Waals surface area contributed by atoms with Gasteiger partial charge in [0.05, 0.1) is 11.4 Å². The third kappa shape index (κ3) is 3.29. The van der Waals surface area contributed by atoms with E-state index in [2.05, 4.69) is 56.9 Å². The highest BCUT2D eigenvalue weighted by Crippen LogP contribution is 2.53. The Morgan fingerprint density at radius 2 is 1.62 bits per heavy atom. The van der Waals surface area contributed by atoms with Gasteiger partial charge in [-0.1, -0.05) is 66.7 Å². The smallest absolute Gasteiger partial charge is 0.0704 e. The lowest BCUT2D eigenvalue weighted by molar-refractivity contribution is 0.291. The van der Waals surface area contributed by atoms with Gasteiger partial charge in [0.25, 0.3) is 0 Å². The lowest BCUT2D eigenvalue weighted by atomic mass is 9.57. The number of aromatic nitrogens is 2. The summed E-state index contributed by atoms with van der Waals surface area (Å²) in [4.78, 5) is 9.37. The highest BCUT2D eigenvalue weighted by atomic mass is 14.7. The van der Waals surface area contributed by atoms with Gasteiger partial charge in [-0.05, 0) is 52.7 Å². The molecule has 1 aromatic carbocycles. The van der Waals surface area contributed by atoms with Crippen molar-refractivity contribution < 1.29 is 2.74 Å². The van der Waals surface area contributed by atoms with E-state index in [4.69, 9.17) is 7.73 Å². The molecule has 0 spiro atoms. The molecule has 0 atom stereocenters. The molecule has 3 aromatic rings. The van der Waals surface area contributed by atoms with Crippen LogP contribution < -0.4 is 0 Å². The van der Waals surface area contributed by atoms with Crippen molar-refractivity contribution in [3.8, 4) is 22.4 Å². The van der Waals surface area contributed by atoms with Gasteiger partial charge in [0.2, 0.25) is 0 Å². The number of rotatable bonds is 2. The largest absolute Gasteiger partial charge is 0.260 e. The maximum absolute atomic E-state index is 8.65. The van der Waals surface area contributed by atoms with Gasteiger partial charge in [0, 0.05) is 37.1 Å². The number of pyridine rings is 2. The van der Waals surface area contributed by atoms with E-state index in [9.17, 15) is 0 Å². The van der Waals surface area contributed by atoms with Crippen molar-refractivity contribution in [3.63, 3.8) is 0 Å². The molecule has 2 nitrogen and oxygen atoms in total. The lowest BCUT2D eigenvalue weighted by Crippen LogP contribution is -2.44. The molecule has 2 heterocycles. The molecule has 0 unspecified atom stereocenters. The van der Waals surface area contributed by atoms with E-state index in [-0.39, 0.29) is 10.8 Å². The predicted molar refractivity (Wildman–Crippen MR) is 122 cm³/mol. The monoisotopic (exact) mass is 386 g/mol. The standard InChI is InChI=1S/C27H32N2/c1-25(2,3)17-18-12-14-28-23(15-18)19-10-11-22-21(16-19)20-9-8-13-29-24(20)27(6,7)26(22,4)5/h8-16H,17H2,1-7H3/i17D2. The van der Waals surface area contributed by atoms with E-state index in [1.165, 1.54) is 16.7 Å². The molecule has 0 N–H and O–H groups in total.